The molecule has 2 saturated heterocycles. The number of aromatic nitrogens is 1. The molecule has 0 spiro atoms. The molecule has 2 N–H and O–H groups in total. The molecule has 182 valence electrons. The topological polar surface area (TPSA) is 96.7 Å². The van der Waals surface area contributed by atoms with Crippen molar-refractivity contribution in [2.45, 2.75) is 51.6 Å². The molecule has 1 unspecified atom stereocenters. The van der Waals surface area contributed by atoms with Gasteiger partial charge in [-0.05, 0) is 62.9 Å². The van der Waals surface area contributed by atoms with Gasteiger partial charge in [0.05, 0.1) is 17.1 Å². The normalized spacial score (nSPS) is 18.6. The molecule has 2 fully saturated rings. The smallest absolute Gasteiger partial charge is 0.247 e. The third kappa shape index (κ3) is 4.79. The quantitative estimate of drug-likeness (QED) is 0.538. The Morgan fingerprint density at radius 1 is 1.03 bits per heavy atom. The third-order valence-corrected chi connectivity index (χ3v) is 6.73. The number of nitrogens with zero attached hydrogens (tertiary/aromatic N) is 2. The van der Waals surface area contributed by atoms with Crippen molar-refractivity contribution in [1.82, 2.24) is 5.16 Å². The van der Waals surface area contributed by atoms with Crippen LogP contribution in [0.15, 0.2) is 53.1 Å². The van der Waals surface area contributed by atoms with E-state index in [1.54, 1.807) is 4.90 Å². The number of hydrogen-bond acceptors (Lipinski definition) is 6. The van der Waals surface area contributed by atoms with E-state index in [1.165, 1.54) is 0 Å². The maximum atomic E-state index is 13.5. The summed E-state index contributed by atoms with van der Waals surface area (Å²) in [5.41, 5.74) is 4.88. The molecule has 3 heterocycles. The standard InChI is InChI=1S/C27H30N4O4/c1-17-26(18(2)35-30-17)19-8-9-22(28-20-12-14-34-15-13-20)23(16-19)29-27(33)24-10-11-25(32)31(24)21-6-4-3-5-7-21/h3-9,16,20,24,28H,10-15H2,1-2H3,(H,29,33). The zero-order chi connectivity index (χ0) is 24.4. The Kier molecular flexibility index (Phi) is 6.55. The molecule has 1 atom stereocenters. The Labute approximate surface area is 204 Å². The fourth-order valence-electron chi connectivity index (χ4n) is 4.95. The van der Waals surface area contributed by atoms with E-state index in [4.69, 9.17) is 9.26 Å². The van der Waals surface area contributed by atoms with Crippen LogP contribution in [0.1, 0.15) is 37.1 Å². The van der Waals surface area contributed by atoms with Crippen molar-refractivity contribution in [2.75, 3.05) is 28.7 Å². The summed E-state index contributed by atoms with van der Waals surface area (Å²) in [6.07, 6.45) is 2.63. The second kappa shape index (κ2) is 9.92. The molecule has 0 bridgehead atoms. The fraction of sp³-hybridized carbons (Fsp3) is 0.370. The van der Waals surface area contributed by atoms with Gasteiger partial charge in [0, 0.05) is 36.9 Å². The van der Waals surface area contributed by atoms with Crippen LogP contribution in [0.2, 0.25) is 0 Å². The highest BCUT2D eigenvalue weighted by Gasteiger charge is 2.37. The summed E-state index contributed by atoms with van der Waals surface area (Å²) in [6.45, 7) is 5.21. The summed E-state index contributed by atoms with van der Waals surface area (Å²) < 4.78 is 10.9. The maximum absolute atomic E-state index is 13.5. The Morgan fingerprint density at radius 2 is 1.80 bits per heavy atom. The molecule has 3 aromatic rings. The zero-order valence-electron chi connectivity index (χ0n) is 20.0. The van der Waals surface area contributed by atoms with E-state index < -0.39 is 6.04 Å². The van der Waals surface area contributed by atoms with Crippen LogP contribution in [0.5, 0.6) is 0 Å². The maximum Gasteiger partial charge on any atom is 0.247 e. The minimum absolute atomic E-state index is 0.0404. The lowest BCUT2D eigenvalue weighted by molar-refractivity contribution is -0.120. The van der Waals surface area contributed by atoms with E-state index >= 15 is 0 Å². The van der Waals surface area contributed by atoms with Gasteiger partial charge in [-0.15, -0.1) is 0 Å². The first kappa shape index (κ1) is 23.1. The van der Waals surface area contributed by atoms with Crippen LogP contribution in [-0.4, -0.2) is 42.3 Å². The van der Waals surface area contributed by atoms with Crippen LogP contribution >= 0.6 is 0 Å². The van der Waals surface area contributed by atoms with E-state index in [9.17, 15) is 9.59 Å². The van der Waals surface area contributed by atoms with Crippen molar-refractivity contribution >= 4 is 28.9 Å². The number of anilines is 3. The van der Waals surface area contributed by atoms with Crippen LogP contribution in [0, 0.1) is 13.8 Å². The van der Waals surface area contributed by atoms with Gasteiger partial charge in [0.25, 0.3) is 0 Å². The second-order valence-electron chi connectivity index (χ2n) is 9.13. The Morgan fingerprint density at radius 3 is 2.51 bits per heavy atom. The molecule has 2 amide bonds. The summed E-state index contributed by atoms with van der Waals surface area (Å²) >= 11 is 0. The van der Waals surface area contributed by atoms with E-state index in [2.05, 4.69) is 15.8 Å². The summed E-state index contributed by atoms with van der Waals surface area (Å²) in [6, 6.07) is 15.0. The number of hydrogen-bond donors (Lipinski definition) is 2. The number of rotatable bonds is 6. The molecule has 0 radical (unpaired) electrons. The lowest BCUT2D eigenvalue weighted by Crippen LogP contribution is -2.42. The molecule has 1 aromatic heterocycles. The third-order valence-electron chi connectivity index (χ3n) is 6.73. The van der Waals surface area contributed by atoms with E-state index in [0.29, 0.717) is 31.7 Å². The highest BCUT2D eigenvalue weighted by Crippen LogP contribution is 2.35. The molecule has 5 rings (SSSR count). The largest absolute Gasteiger partial charge is 0.381 e. The zero-order valence-corrected chi connectivity index (χ0v) is 20.0. The van der Waals surface area contributed by atoms with Gasteiger partial charge in [0.2, 0.25) is 11.8 Å². The fourth-order valence-corrected chi connectivity index (χ4v) is 4.95. The minimum atomic E-state index is -0.566. The van der Waals surface area contributed by atoms with E-state index in [1.807, 2.05) is 62.4 Å². The van der Waals surface area contributed by atoms with Gasteiger partial charge in [0.15, 0.2) is 0 Å². The second-order valence-corrected chi connectivity index (χ2v) is 9.13. The van der Waals surface area contributed by atoms with Crippen molar-refractivity contribution in [3.63, 3.8) is 0 Å². The molecule has 8 heteroatoms. The molecule has 2 aliphatic heterocycles. The average molecular weight is 475 g/mol. The summed E-state index contributed by atoms with van der Waals surface area (Å²) in [5.74, 6) is 0.480. The predicted molar refractivity (Wildman–Crippen MR) is 134 cm³/mol. The van der Waals surface area contributed by atoms with Crippen molar-refractivity contribution in [1.29, 1.82) is 0 Å². The van der Waals surface area contributed by atoms with Gasteiger partial charge < -0.3 is 19.9 Å². The first-order chi connectivity index (χ1) is 17.0. The highest BCUT2D eigenvalue weighted by atomic mass is 16.5. The van der Waals surface area contributed by atoms with Crippen molar-refractivity contribution in [3.05, 3.63) is 60.0 Å². The van der Waals surface area contributed by atoms with Crippen LogP contribution in [0.4, 0.5) is 17.1 Å². The Balaban J connectivity index is 1.45. The molecule has 35 heavy (non-hydrogen) atoms. The number of aryl methyl sites for hydroxylation is 2. The SMILES string of the molecule is Cc1noc(C)c1-c1ccc(NC2CCOCC2)c(NC(=O)C2CCC(=O)N2c2ccccc2)c1. The van der Waals surface area contributed by atoms with Gasteiger partial charge in [-0.3, -0.25) is 14.5 Å². The molecule has 2 aromatic carbocycles. The van der Waals surface area contributed by atoms with Gasteiger partial charge in [-0.2, -0.15) is 0 Å². The number of para-hydroxylation sites is 1. The Bertz CT molecular complexity index is 1200. The molecule has 8 nitrogen and oxygen atoms in total. The molecular weight excluding hydrogens is 444 g/mol. The summed E-state index contributed by atoms with van der Waals surface area (Å²) in [4.78, 5) is 27.8. The monoisotopic (exact) mass is 474 g/mol. The first-order valence-electron chi connectivity index (χ1n) is 12.1. The lowest BCUT2D eigenvalue weighted by atomic mass is 10.0. The van der Waals surface area contributed by atoms with E-state index in [-0.39, 0.29) is 17.9 Å². The van der Waals surface area contributed by atoms with Gasteiger partial charge >= 0.3 is 0 Å². The predicted octanol–water partition coefficient (Wildman–Crippen LogP) is 4.68. The molecular formula is C27H30N4O4. The minimum Gasteiger partial charge on any atom is -0.381 e. The summed E-state index contributed by atoms with van der Waals surface area (Å²) in [7, 11) is 0. The first-order valence-corrected chi connectivity index (χ1v) is 12.1. The van der Waals surface area contributed by atoms with Crippen LogP contribution in [-0.2, 0) is 14.3 Å². The summed E-state index contributed by atoms with van der Waals surface area (Å²) in [5, 5.41) is 10.8. The number of benzene rings is 2. The number of nitrogens with one attached hydrogen (secondary N) is 2. The number of carbonyl (C=O) groups excluding carboxylic acids is 2. The lowest BCUT2D eigenvalue weighted by Gasteiger charge is -2.27. The van der Waals surface area contributed by atoms with Crippen molar-refractivity contribution in [3.8, 4) is 11.1 Å². The van der Waals surface area contributed by atoms with E-state index in [0.717, 1.165) is 46.8 Å². The van der Waals surface area contributed by atoms with Crippen molar-refractivity contribution in [2.24, 2.45) is 0 Å². The average Bonchev–Trinajstić information content (AvgIpc) is 3.42. The van der Waals surface area contributed by atoms with Crippen LogP contribution < -0.4 is 15.5 Å². The number of ether oxygens (including phenoxy) is 1. The van der Waals surface area contributed by atoms with Gasteiger partial charge in [0.1, 0.15) is 11.8 Å². The molecule has 0 saturated carbocycles. The number of carbonyl (C=O) groups is 2. The van der Waals surface area contributed by atoms with Gasteiger partial charge in [-0.1, -0.05) is 29.4 Å². The molecule has 2 aliphatic rings. The number of amides is 2. The highest BCUT2D eigenvalue weighted by molar-refractivity contribution is 6.08. The van der Waals surface area contributed by atoms with Crippen LogP contribution in [0.25, 0.3) is 11.1 Å². The Hall–Kier alpha value is -3.65. The van der Waals surface area contributed by atoms with Crippen LogP contribution in [0.3, 0.4) is 0 Å². The van der Waals surface area contributed by atoms with Crippen molar-refractivity contribution < 1.29 is 18.8 Å². The van der Waals surface area contributed by atoms with Gasteiger partial charge in [-0.25, -0.2) is 0 Å². The molecule has 0 aliphatic carbocycles.